The molecule has 5 heteroatoms. The summed E-state index contributed by atoms with van der Waals surface area (Å²) in [5.74, 6) is 1.62. The van der Waals surface area contributed by atoms with E-state index in [1.54, 1.807) is 11.8 Å². The third kappa shape index (κ3) is 1.32. The molecule has 0 aromatic heterocycles. The Morgan fingerprint density at radius 3 is 2.50 bits per heavy atom. The average molecular weight is 230 g/mol. The van der Waals surface area contributed by atoms with Gasteiger partial charge >= 0.3 is 0 Å². The lowest BCUT2D eigenvalue weighted by Crippen LogP contribution is -2.18. The first-order valence-corrected chi connectivity index (χ1v) is 5.91. The number of hydrogen-bond donors (Lipinski definition) is 4. The lowest BCUT2D eigenvalue weighted by atomic mass is 10.1. The second-order valence-corrected chi connectivity index (χ2v) is 4.63. The first kappa shape index (κ1) is 9.47. The minimum Gasteiger partial charge on any atom is -0.338 e. The maximum atomic E-state index is 7.84. The molecule has 1 fully saturated rings. The zero-order valence-corrected chi connectivity index (χ0v) is 9.24. The van der Waals surface area contributed by atoms with Gasteiger partial charge in [-0.1, -0.05) is 36.0 Å². The van der Waals surface area contributed by atoms with E-state index < -0.39 is 0 Å². The van der Waals surface area contributed by atoms with Crippen molar-refractivity contribution in [2.24, 2.45) is 0 Å². The Kier molecular flexibility index (Phi) is 2.00. The van der Waals surface area contributed by atoms with Crippen LogP contribution in [0.2, 0.25) is 0 Å². The van der Waals surface area contributed by atoms with E-state index in [1.807, 2.05) is 24.3 Å². The van der Waals surface area contributed by atoms with Crippen molar-refractivity contribution in [3.63, 3.8) is 0 Å². The highest BCUT2D eigenvalue weighted by Gasteiger charge is 2.26. The van der Waals surface area contributed by atoms with Gasteiger partial charge in [0.05, 0.1) is 16.5 Å². The molecule has 0 aliphatic carbocycles. The van der Waals surface area contributed by atoms with E-state index >= 15 is 0 Å². The predicted molar refractivity (Wildman–Crippen MR) is 66.6 cm³/mol. The first-order chi connectivity index (χ1) is 7.75. The highest BCUT2D eigenvalue weighted by Crippen LogP contribution is 2.32. The maximum absolute atomic E-state index is 7.84. The summed E-state index contributed by atoms with van der Waals surface area (Å²) in [6, 6.07) is 7.82. The molecule has 80 valence electrons. The molecule has 0 amide bonds. The van der Waals surface area contributed by atoms with Crippen LogP contribution in [0.1, 0.15) is 11.1 Å². The monoisotopic (exact) mass is 230 g/mol. The van der Waals surface area contributed by atoms with Crippen molar-refractivity contribution in [2.45, 2.75) is 0 Å². The SMILES string of the molecule is N=C1CSC(=C2NC(=N)c3ccccc32)N1. The van der Waals surface area contributed by atoms with Crippen molar-refractivity contribution in [1.29, 1.82) is 10.8 Å². The Morgan fingerprint density at radius 1 is 1.06 bits per heavy atom. The number of rotatable bonds is 0. The number of fused-ring (bicyclic) bond motifs is 1. The number of benzene rings is 1. The Balaban J connectivity index is 2.13. The summed E-state index contributed by atoms with van der Waals surface area (Å²) < 4.78 is 0. The molecular formula is C11H10N4S. The summed E-state index contributed by atoms with van der Waals surface area (Å²) in [6.45, 7) is 0. The van der Waals surface area contributed by atoms with Gasteiger partial charge < -0.3 is 10.6 Å². The van der Waals surface area contributed by atoms with Crippen LogP contribution >= 0.6 is 11.8 Å². The van der Waals surface area contributed by atoms with Gasteiger partial charge in [0.2, 0.25) is 0 Å². The van der Waals surface area contributed by atoms with Gasteiger partial charge in [0.25, 0.3) is 0 Å². The maximum Gasteiger partial charge on any atom is 0.130 e. The highest BCUT2D eigenvalue weighted by molar-refractivity contribution is 8.04. The number of nitrogens with one attached hydrogen (secondary N) is 4. The molecule has 0 bridgehead atoms. The second kappa shape index (κ2) is 3.38. The Morgan fingerprint density at radius 2 is 1.81 bits per heavy atom. The molecule has 16 heavy (non-hydrogen) atoms. The third-order valence-electron chi connectivity index (χ3n) is 2.57. The molecule has 0 atom stereocenters. The molecule has 4 nitrogen and oxygen atoms in total. The standard InChI is InChI=1S/C11H10N4S/c12-8-5-16-11(14-8)9-6-3-1-2-4-7(6)10(13)15-9/h1-4H,5H2,(H2,12,14)(H2,13,15). The van der Waals surface area contributed by atoms with E-state index in [9.17, 15) is 0 Å². The summed E-state index contributed by atoms with van der Waals surface area (Å²) in [6.07, 6.45) is 0. The zero-order valence-electron chi connectivity index (χ0n) is 8.42. The van der Waals surface area contributed by atoms with Crippen LogP contribution < -0.4 is 10.6 Å². The minimum atomic E-state index is 0.430. The fourth-order valence-electron chi connectivity index (χ4n) is 1.85. The number of hydrogen-bond acceptors (Lipinski definition) is 3. The van der Waals surface area contributed by atoms with Crippen LogP contribution in [0.3, 0.4) is 0 Å². The van der Waals surface area contributed by atoms with Gasteiger partial charge in [-0.25, -0.2) is 0 Å². The minimum absolute atomic E-state index is 0.430. The van der Waals surface area contributed by atoms with Gasteiger partial charge in [-0.3, -0.25) is 10.8 Å². The molecule has 3 rings (SSSR count). The van der Waals surface area contributed by atoms with Crippen LogP contribution in [-0.4, -0.2) is 17.4 Å². The Hall–Kier alpha value is -1.75. The highest BCUT2D eigenvalue weighted by atomic mass is 32.2. The van der Waals surface area contributed by atoms with Crippen molar-refractivity contribution < 1.29 is 0 Å². The van der Waals surface area contributed by atoms with E-state index in [0.29, 0.717) is 17.4 Å². The van der Waals surface area contributed by atoms with Gasteiger partial charge in [0.1, 0.15) is 11.7 Å². The summed E-state index contributed by atoms with van der Waals surface area (Å²) in [5.41, 5.74) is 2.89. The molecule has 2 aliphatic heterocycles. The molecule has 0 radical (unpaired) electrons. The smallest absolute Gasteiger partial charge is 0.130 e. The van der Waals surface area contributed by atoms with E-state index in [1.165, 1.54) is 0 Å². The summed E-state index contributed by atoms with van der Waals surface area (Å²) in [5, 5.41) is 22.4. The summed E-state index contributed by atoms with van der Waals surface area (Å²) in [7, 11) is 0. The fourth-order valence-corrected chi connectivity index (χ4v) is 2.71. The molecule has 0 unspecified atom stereocenters. The quantitative estimate of drug-likeness (QED) is 0.546. The predicted octanol–water partition coefficient (Wildman–Crippen LogP) is 1.55. The lowest BCUT2D eigenvalue weighted by molar-refractivity contribution is 1.19. The second-order valence-electron chi connectivity index (χ2n) is 3.64. The Labute approximate surface area is 97.1 Å². The first-order valence-electron chi connectivity index (χ1n) is 4.92. The molecule has 2 heterocycles. The van der Waals surface area contributed by atoms with Crippen molar-refractivity contribution in [1.82, 2.24) is 10.6 Å². The average Bonchev–Trinajstić information content (AvgIpc) is 2.84. The topological polar surface area (TPSA) is 71.8 Å². The van der Waals surface area contributed by atoms with Crippen molar-refractivity contribution in [2.75, 3.05) is 5.75 Å². The van der Waals surface area contributed by atoms with Crippen LogP contribution in [0.4, 0.5) is 0 Å². The van der Waals surface area contributed by atoms with Gasteiger partial charge in [0, 0.05) is 11.1 Å². The van der Waals surface area contributed by atoms with Gasteiger partial charge in [-0.15, -0.1) is 0 Å². The normalized spacial score (nSPS) is 23.0. The number of amidine groups is 2. The molecule has 0 saturated carbocycles. The molecule has 1 aromatic carbocycles. The molecule has 1 aromatic rings. The van der Waals surface area contributed by atoms with Crippen LogP contribution in [0.5, 0.6) is 0 Å². The van der Waals surface area contributed by atoms with Crippen molar-refractivity contribution in [3.05, 3.63) is 40.4 Å². The lowest BCUT2D eigenvalue weighted by Gasteiger charge is -2.04. The van der Waals surface area contributed by atoms with Crippen LogP contribution in [0.25, 0.3) is 5.70 Å². The van der Waals surface area contributed by atoms with E-state index in [2.05, 4.69) is 10.6 Å². The Bertz CT molecular complexity index is 533. The van der Waals surface area contributed by atoms with Crippen LogP contribution in [0.15, 0.2) is 29.3 Å². The van der Waals surface area contributed by atoms with Crippen molar-refractivity contribution in [3.8, 4) is 0 Å². The third-order valence-corrected chi connectivity index (χ3v) is 3.60. The van der Waals surface area contributed by atoms with Gasteiger partial charge in [-0.2, -0.15) is 0 Å². The van der Waals surface area contributed by atoms with Gasteiger partial charge in [-0.05, 0) is 0 Å². The van der Waals surface area contributed by atoms with Crippen LogP contribution in [0, 0.1) is 10.8 Å². The summed E-state index contributed by atoms with van der Waals surface area (Å²) in [4.78, 5) is 0. The van der Waals surface area contributed by atoms with Gasteiger partial charge in [0.15, 0.2) is 0 Å². The molecular weight excluding hydrogens is 220 g/mol. The van der Waals surface area contributed by atoms with E-state index in [4.69, 9.17) is 10.8 Å². The largest absolute Gasteiger partial charge is 0.338 e. The molecule has 0 spiro atoms. The molecule has 2 aliphatic rings. The van der Waals surface area contributed by atoms with E-state index in [0.717, 1.165) is 21.9 Å². The zero-order chi connectivity index (χ0) is 11.1. The molecule has 4 N–H and O–H groups in total. The number of thioether (sulfide) groups is 1. The van der Waals surface area contributed by atoms with E-state index in [-0.39, 0.29) is 0 Å². The molecule has 1 saturated heterocycles. The fraction of sp³-hybridized carbons (Fsp3) is 0.0909. The summed E-state index contributed by atoms with van der Waals surface area (Å²) >= 11 is 1.60. The van der Waals surface area contributed by atoms with Crippen LogP contribution in [-0.2, 0) is 0 Å². The van der Waals surface area contributed by atoms with Crippen molar-refractivity contribution >= 4 is 29.1 Å².